The molecule has 0 aliphatic rings. The summed E-state index contributed by atoms with van der Waals surface area (Å²) in [7, 11) is 1.88. The summed E-state index contributed by atoms with van der Waals surface area (Å²) < 4.78 is 6.68. The molecule has 0 aromatic heterocycles. The number of nitriles is 1. The Balaban J connectivity index is 1.81. The largest absolute Gasteiger partial charge is 0.492 e. The van der Waals surface area contributed by atoms with E-state index in [0.29, 0.717) is 24.4 Å². The minimum absolute atomic E-state index is 0.124. The van der Waals surface area contributed by atoms with Crippen LogP contribution < -0.4 is 10.1 Å². The first-order valence-electron chi connectivity index (χ1n) is 7.89. The zero-order valence-electron chi connectivity index (χ0n) is 14.2. The number of hydrogen-bond donors (Lipinski definition) is 1. The zero-order chi connectivity index (χ0) is 18.2. The monoisotopic (exact) mass is 401 g/mol. The van der Waals surface area contributed by atoms with Crippen LogP contribution in [-0.2, 0) is 4.79 Å². The van der Waals surface area contributed by atoms with Crippen molar-refractivity contribution < 1.29 is 9.53 Å². The van der Waals surface area contributed by atoms with Crippen LogP contribution in [0.1, 0.15) is 12.5 Å². The third-order valence-corrected chi connectivity index (χ3v) is 4.35. The van der Waals surface area contributed by atoms with Crippen molar-refractivity contribution in [3.63, 3.8) is 0 Å². The SMILES string of the molecule is C[C@@H](C(=O)Nc1cccc(C#N)c1)N(C)CCOc1ccc(Br)cc1. The Hall–Kier alpha value is -2.36. The number of ether oxygens (including phenoxy) is 1. The van der Waals surface area contributed by atoms with E-state index >= 15 is 0 Å². The number of likely N-dealkylation sites (N-methyl/N-ethyl adjacent to an activating group) is 1. The Morgan fingerprint density at radius 1 is 1.32 bits per heavy atom. The maximum atomic E-state index is 12.3. The van der Waals surface area contributed by atoms with Gasteiger partial charge in [-0.1, -0.05) is 22.0 Å². The quantitative estimate of drug-likeness (QED) is 0.768. The molecular formula is C19H20BrN3O2. The molecule has 0 radical (unpaired) electrons. The van der Waals surface area contributed by atoms with E-state index in [1.165, 1.54) is 0 Å². The lowest BCUT2D eigenvalue weighted by Crippen LogP contribution is -2.41. The van der Waals surface area contributed by atoms with Crippen LogP contribution in [0.5, 0.6) is 5.75 Å². The van der Waals surface area contributed by atoms with Crippen molar-refractivity contribution in [2.24, 2.45) is 0 Å². The van der Waals surface area contributed by atoms with Crippen LogP contribution in [0.2, 0.25) is 0 Å². The second-order valence-corrected chi connectivity index (χ2v) is 6.56. The number of halogens is 1. The fourth-order valence-corrected chi connectivity index (χ4v) is 2.41. The van der Waals surface area contributed by atoms with Crippen LogP contribution in [-0.4, -0.2) is 37.0 Å². The molecule has 130 valence electrons. The Morgan fingerprint density at radius 3 is 2.72 bits per heavy atom. The fourth-order valence-electron chi connectivity index (χ4n) is 2.15. The summed E-state index contributed by atoms with van der Waals surface area (Å²) in [5, 5.41) is 11.7. The van der Waals surface area contributed by atoms with Crippen molar-refractivity contribution in [1.29, 1.82) is 5.26 Å². The summed E-state index contributed by atoms with van der Waals surface area (Å²) in [6.07, 6.45) is 0. The molecule has 0 heterocycles. The number of carbonyl (C=O) groups excluding carboxylic acids is 1. The van der Waals surface area contributed by atoms with Crippen molar-refractivity contribution >= 4 is 27.5 Å². The molecule has 0 aliphatic carbocycles. The van der Waals surface area contributed by atoms with Gasteiger partial charge in [0.05, 0.1) is 17.7 Å². The first-order valence-corrected chi connectivity index (χ1v) is 8.68. The van der Waals surface area contributed by atoms with Gasteiger partial charge in [-0.3, -0.25) is 9.69 Å². The molecule has 2 aromatic rings. The summed E-state index contributed by atoms with van der Waals surface area (Å²) in [5.41, 5.74) is 1.14. The summed E-state index contributed by atoms with van der Waals surface area (Å²) in [6.45, 7) is 2.94. The molecule has 6 heteroatoms. The maximum absolute atomic E-state index is 12.3. The highest BCUT2D eigenvalue weighted by Gasteiger charge is 2.18. The Labute approximate surface area is 156 Å². The first kappa shape index (κ1) is 19.0. The summed E-state index contributed by atoms with van der Waals surface area (Å²) in [6, 6.07) is 16.2. The van der Waals surface area contributed by atoms with Gasteiger partial charge in [0.15, 0.2) is 0 Å². The molecule has 0 saturated heterocycles. The number of nitrogens with one attached hydrogen (secondary N) is 1. The van der Waals surface area contributed by atoms with Gasteiger partial charge in [0.25, 0.3) is 0 Å². The maximum Gasteiger partial charge on any atom is 0.241 e. The van der Waals surface area contributed by atoms with Crippen LogP contribution >= 0.6 is 15.9 Å². The van der Waals surface area contributed by atoms with Gasteiger partial charge in [0.2, 0.25) is 5.91 Å². The summed E-state index contributed by atoms with van der Waals surface area (Å²) in [5.74, 6) is 0.670. The van der Waals surface area contributed by atoms with Gasteiger partial charge in [0.1, 0.15) is 12.4 Å². The number of benzene rings is 2. The lowest BCUT2D eigenvalue weighted by molar-refractivity contribution is -0.120. The Kier molecular flexibility index (Phi) is 6.99. The predicted molar refractivity (Wildman–Crippen MR) is 102 cm³/mol. The average molecular weight is 402 g/mol. The lowest BCUT2D eigenvalue weighted by atomic mass is 10.2. The molecule has 0 saturated carbocycles. The van der Waals surface area contributed by atoms with Gasteiger partial charge in [-0.2, -0.15) is 5.26 Å². The molecule has 0 spiro atoms. The fraction of sp³-hybridized carbons (Fsp3) is 0.263. The molecule has 0 fully saturated rings. The van der Waals surface area contributed by atoms with E-state index in [-0.39, 0.29) is 11.9 Å². The smallest absolute Gasteiger partial charge is 0.241 e. The van der Waals surface area contributed by atoms with Gasteiger partial charge in [-0.25, -0.2) is 0 Å². The molecule has 0 aliphatic heterocycles. The second-order valence-electron chi connectivity index (χ2n) is 5.64. The van der Waals surface area contributed by atoms with Gasteiger partial charge >= 0.3 is 0 Å². The molecule has 2 aromatic carbocycles. The van der Waals surface area contributed by atoms with Crippen molar-refractivity contribution in [2.45, 2.75) is 13.0 Å². The summed E-state index contributed by atoms with van der Waals surface area (Å²) in [4.78, 5) is 14.3. The number of anilines is 1. The minimum Gasteiger partial charge on any atom is -0.492 e. The average Bonchev–Trinajstić information content (AvgIpc) is 2.62. The van der Waals surface area contributed by atoms with E-state index in [4.69, 9.17) is 10.00 Å². The van der Waals surface area contributed by atoms with Crippen LogP contribution in [0.15, 0.2) is 53.0 Å². The summed E-state index contributed by atoms with van der Waals surface area (Å²) >= 11 is 3.38. The van der Waals surface area contributed by atoms with E-state index in [0.717, 1.165) is 10.2 Å². The predicted octanol–water partition coefficient (Wildman–Crippen LogP) is 3.66. The van der Waals surface area contributed by atoms with Crippen molar-refractivity contribution in [2.75, 3.05) is 25.5 Å². The molecule has 1 N–H and O–H groups in total. The van der Waals surface area contributed by atoms with Crippen LogP contribution in [0.3, 0.4) is 0 Å². The van der Waals surface area contributed by atoms with E-state index in [1.807, 2.05) is 43.1 Å². The molecule has 1 atom stereocenters. The van der Waals surface area contributed by atoms with Crippen molar-refractivity contribution in [1.82, 2.24) is 4.90 Å². The molecular weight excluding hydrogens is 382 g/mol. The number of carbonyl (C=O) groups is 1. The lowest BCUT2D eigenvalue weighted by Gasteiger charge is -2.23. The number of amides is 1. The zero-order valence-corrected chi connectivity index (χ0v) is 15.8. The minimum atomic E-state index is -0.320. The normalized spacial score (nSPS) is 11.6. The van der Waals surface area contributed by atoms with Crippen LogP contribution in [0, 0.1) is 11.3 Å². The molecule has 25 heavy (non-hydrogen) atoms. The Morgan fingerprint density at radius 2 is 2.04 bits per heavy atom. The van der Waals surface area contributed by atoms with E-state index in [1.54, 1.807) is 24.3 Å². The van der Waals surface area contributed by atoms with Crippen molar-refractivity contribution in [3.8, 4) is 11.8 Å². The Bertz CT molecular complexity index is 756. The van der Waals surface area contributed by atoms with E-state index < -0.39 is 0 Å². The van der Waals surface area contributed by atoms with Gasteiger partial charge in [-0.15, -0.1) is 0 Å². The second kappa shape index (κ2) is 9.21. The highest BCUT2D eigenvalue weighted by atomic mass is 79.9. The highest BCUT2D eigenvalue weighted by Crippen LogP contribution is 2.16. The highest BCUT2D eigenvalue weighted by molar-refractivity contribution is 9.10. The van der Waals surface area contributed by atoms with Crippen LogP contribution in [0.4, 0.5) is 5.69 Å². The van der Waals surface area contributed by atoms with Crippen molar-refractivity contribution in [3.05, 3.63) is 58.6 Å². The third kappa shape index (κ3) is 5.89. The third-order valence-electron chi connectivity index (χ3n) is 3.83. The molecule has 0 unspecified atom stereocenters. The van der Waals surface area contributed by atoms with E-state index in [9.17, 15) is 4.79 Å². The molecule has 0 bridgehead atoms. The van der Waals surface area contributed by atoms with E-state index in [2.05, 4.69) is 27.3 Å². The number of rotatable bonds is 7. The number of nitrogens with zero attached hydrogens (tertiary/aromatic N) is 2. The molecule has 1 amide bonds. The standard InChI is InChI=1S/C19H20BrN3O2/c1-14(19(24)22-17-5-3-4-15(12-17)13-21)23(2)10-11-25-18-8-6-16(20)7-9-18/h3-9,12,14H,10-11H2,1-2H3,(H,22,24)/t14-/m0/s1. The topological polar surface area (TPSA) is 65.4 Å². The van der Waals surface area contributed by atoms with Gasteiger partial charge in [0, 0.05) is 16.7 Å². The molecule has 2 rings (SSSR count). The first-order chi connectivity index (χ1) is 12.0. The van der Waals surface area contributed by atoms with Gasteiger partial charge < -0.3 is 10.1 Å². The van der Waals surface area contributed by atoms with Gasteiger partial charge in [-0.05, 0) is 56.4 Å². The number of hydrogen-bond acceptors (Lipinski definition) is 4. The van der Waals surface area contributed by atoms with Crippen LogP contribution in [0.25, 0.3) is 0 Å². The molecule has 5 nitrogen and oxygen atoms in total.